The molecule has 14 heavy (non-hydrogen) atoms. The standard InChI is InChI=1S/C8H10N4S2/c1-6(11-12-8(13)14-2)7-5-9-3-4-10-7/h3-5H,1-2H3,(H,12,13)/b11-6+. The molecule has 74 valence electrons. The topological polar surface area (TPSA) is 50.2 Å². The van der Waals surface area contributed by atoms with Gasteiger partial charge in [0.2, 0.25) is 0 Å². The van der Waals surface area contributed by atoms with Gasteiger partial charge < -0.3 is 0 Å². The Bertz CT molecular complexity index is 336. The summed E-state index contributed by atoms with van der Waals surface area (Å²) in [6.45, 7) is 1.85. The van der Waals surface area contributed by atoms with Crippen molar-refractivity contribution in [2.24, 2.45) is 5.10 Å². The fourth-order valence-electron chi connectivity index (χ4n) is 0.718. The number of aromatic nitrogens is 2. The van der Waals surface area contributed by atoms with E-state index in [1.54, 1.807) is 18.6 Å². The van der Waals surface area contributed by atoms with Crippen LogP contribution in [0.2, 0.25) is 0 Å². The molecule has 0 atom stereocenters. The lowest BCUT2D eigenvalue weighted by molar-refractivity contribution is 1.05. The second-order valence-corrected chi connectivity index (χ2v) is 3.87. The molecule has 1 N–H and O–H groups in total. The summed E-state index contributed by atoms with van der Waals surface area (Å²) in [5.41, 5.74) is 4.24. The van der Waals surface area contributed by atoms with Crippen LogP contribution in [0.15, 0.2) is 23.7 Å². The molecule has 0 spiro atoms. The summed E-state index contributed by atoms with van der Waals surface area (Å²) in [7, 11) is 0. The summed E-state index contributed by atoms with van der Waals surface area (Å²) in [6, 6.07) is 0. The van der Waals surface area contributed by atoms with Gasteiger partial charge in [-0.15, -0.1) is 0 Å². The number of rotatable bonds is 2. The van der Waals surface area contributed by atoms with E-state index in [1.807, 2.05) is 13.2 Å². The van der Waals surface area contributed by atoms with Crippen LogP contribution in [0.25, 0.3) is 0 Å². The highest BCUT2D eigenvalue weighted by atomic mass is 32.2. The summed E-state index contributed by atoms with van der Waals surface area (Å²) in [6.07, 6.45) is 6.79. The molecule has 1 rings (SSSR count). The highest BCUT2D eigenvalue weighted by Crippen LogP contribution is 1.96. The van der Waals surface area contributed by atoms with Crippen molar-refractivity contribution >= 4 is 34.0 Å². The molecule has 0 fully saturated rings. The second kappa shape index (κ2) is 5.66. The van der Waals surface area contributed by atoms with E-state index in [4.69, 9.17) is 12.2 Å². The van der Waals surface area contributed by atoms with E-state index < -0.39 is 0 Å². The minimum absolute atomic E-state index is 0.633. The average Bonchev–Trinajstić information content (AvgIpc) is 2.26. The van der Waals surface area contributed by atoms with E-state index in [1.165, 1.54) is 11.8 Å². The van der Waals surface area contributed by atoms with E-state index in [-0.39, 0.29) is 0 Å². The van der Waals surface area contributed by atoms with E-state index in [0.29, 0.717) is 4.32 Å². The smallest absolute Gasteiger partial charge is 0.153 e. The maximum Gasteiger partial charge on any atom is 0.153 e. The van der Waals surface area contributed by atoms with Gasteiger partial charge in [0.05, 0.1) is 11.9 Å². The van der Waals surface area contributed by atoms with Gasteiger partial charge in [0.1, 0.15) is 5.69 Å². The molecular weight excluding hydrogens is 216 g/mol. The monoisotopic (exact) mass is 226 g/mol. The van der Waals surface area contributed by atoms with Crippen LogP contribution in [-0.4, -0.2) is 26.3 Å². The van der Waals surface area contributed by atoms with Gasteiger partial charge in [-0.3, -0.25) is 15.4 Å². The Morgan fingerprint density at radius 3 is 2.93 bits per heavy atom. The number of hydrazone groups is 1. The highest BCUT2D eigenvalue weighted by Gasteiger charge is 1.97. The van der Waals surface area contributed by atoms with Gasteiger partial charge in [0.25, 0.3) is 0 Å². The normalized spacial score (nSPS) is 11.1. The van der Waals surface area contributed by atoms with E-state index >= 15 is 0 Å². The molecule has 0 saturated heterocycles. The minimum Gasteiger partial charge on any atom is -0.262 e. The number of nitrogens with zero attached hydrogens (tertiary/aromatic N) is 3. The van der Waals surface area contributed by atoms with Crippen LogP contribution in [0.3, 0.4) is 0 Å². The Morgan fingerprint density at radius 1 is 1.57 bits per heavy atom. The largest absolute Gasteiger partial charge is 0.262 e. The fraction of sp³-hybridized carbons (Fsp3) is 0.250. The predicted molar refractivity (Wildman–Crippen MR) is 63.5 cm³/mol. The van der Waals surface area contributed by atoms with Gasteiger partial charge in [-0.25, -0.2) is 0 Å². The number of thiocarbonyl (C=S) groups is 1. The first-order valence-corrected chi connectivity index (χ1v) is 5.52. The van der Waals surface area contributed by atoms with Crippen LogP contribution < -0.4 is 5.43 Å². The Balaban J connectivity index is 2.66. The molecule has 0 aliphatic carbocycles. The summed E-state index contributed by atoms with van der Waals surface area (Å²) >= 11 is 6.37. The van der Waals surface area contributed by atoms with E-state index in [0.717, 1.165) is 11.4 Å². The number of hydrogen-bond acceptors (Lipinski definition) is 5. The number of thioether (sulfide) groups is 1. The quantitative estimate of drug-likeness (QED) is 0.470. The molecule has 0 bridgehead atoms. The molecule has 0 unspecified atom stereocenters. The molecule has 0 amide bonds. The van der Waals surface area contributed by atoms with Crippen LogP contribution in [0, 0.1) is 0 Å². The molecule has 6 heteroatoms. The zero-order valence-corrected chi connectivity index (χ0v) is 9.52. The fourth-order valence-corrected chi connectivity index (χ4v) is 0.901. The van der Waals surface area contributed by atoms with Crippen LogP contribution in [0.1, 0.15) is 12.6 Å². The van der Waals surface area contributed by atoms with Crippen molar-refractivity contribution in [3.63, 3.8) is 0 Å². The number of nitrogens with one attached hydrogen (secondary N) is 1. The minimum atomic E-state index is 0.633. The van der Waals surface area contributed by atoms with Gasteiger partial charge in [-0.05, 0) is 13.2 Å². The number of hydrogen-bond donors (Lipinski definition) is 1. The van der Waals surface area contributed by atoms with Crippen molar-refractivity contribution in [3.8, 4) is 0 Å². The third kappa shape index (κ3) is 3.39. The maximum atomic E-state index is 4.93. The Hall–Kier alpha value is -1.01. The average molecular weight is 226 g/mol. The highest BCUT2D eigenvalue weighted by molar-refractivity contribution is 8.22. The Morgan fingerprint density at radius 2 is 2.36 bits per heavy atom. The predicted octanol–water partition coefficient (Wildman–Crippen LogP) is 1.44. The lowest BCUT2D eigenvalue weighted by Crippen LogP contribution is -2.13. The van der Waals surface area contributed by atoms with Gasteiger partial charge in [-0.2, -0.15) is 5.10 Å². The molecule has 0 aliphatic heterocycles. The SMILES string of the molecule is CSC(=S)N/N=C(\C)c1cnccn1. The lowest BCUT2D eigenvalue weighted by Gasteiger charge is -2.00. The van der Waals surface area contributed by atoms with Gasteiger partial charge in [0.15, 0.2) is 4.32 Å². The van der Waals surface area contributed by atoms with Crippen LogP contribution in [0.4, 0.5) is 0 Å². The van der Waals surface area contributed by atoms with Gasteiger partial charge >= 0.3 is 0 Å². The summed E-state index contributed by atoms with van der Waals surface area (Å²) < 4.78 is 0.633. The van der Waals surface area contributed by atoms with Crippen molar-refractivity contribution in [2.75, 3.05) is 6.26 Å². The van der Waals surface area contributed by atoms with Crippen LogP contribution >= 0.6 is 24.0 Å². The van der Waals surface area contributed by atoms with Crippen LogP contribution in [-0.2, 0) is 0 Å². The summed E-state index contributed by atoms with van der Waals surface area (Å²) in [5, 5.41) is 4.07. The van der Waals surface area contributed by atoms with Crippen molar-refractivity contribution < 1.29 is 0 Å². The summed E-state index contributed by atoms with van der Waals surface area (Å²) in [5.74, 6) is 0. The third-order valence-electron chi connectivity index (χ3n) is 1.43. The van der Waals surface area contributed by atoms with Crippen molar-refractivity contribution in [1.29, 1.82) is 0 Å². The zero-order chi connectivity index (χ0) is 10.4. The van der Waals surface area contributed by atoms with Gasteiger partial charge in [0, 0.05) is 12.4 Å². The van der Waals surface area contributed by atoms with Crippen LogP contribution in [0.5, 0.6) is 0 Å². The first-order valence-electron chi connectivity index (χ1n) is 3.88. The third-order valence-corrected chi connectivity index (χ3v) is 2.49. The molecule has 0 aliphatic rings. The molecule has 0 saturated carbocycles. The lowest BCUT2D eigenvalue weighted by atomic mass is 10.3. The Kier molecular flexibility index (Phi) is 4.48. The van der Waals surface area contributed by atoms with Gasteiger partial charge in [-0.1, -0.05) is 24.0 Å². The van der Waals surface area contributed by atoms with Crippen molar-refractivity contribution in [3.05, 3.63) is 24.3 Å². The van der Waals surface area contributed by atoms with E-state index in [9.17, 15) is 0 Å². The molecular formula is C8H10N4S2. The molecule has 0 radical (unpaired) electrons. The summed E-state index contributed by atoms with van der Waals surface area (Å²) in [4.78, 5) is 8.04. The maximum absolute atomic E-state index is 4.93. The van der Waals surface area contributed by atoms with E-state index in [2.05, 4.69) is 20.5 Å². The second-order valence-electron chi connectivity index (χ2n) is 2.39. The molecule has 1 aromatic heterocycles. The first-order chi connectivity index (χ1) is 6.74. The first kappa shape index (κ1) is 11.1. The molecule has 4 nitrogen and oxygen atoms in total. The molecule has 1 heterocycles. The molecule has 1 aromatic rings. The van der Waals surface area contributed by atoms with Crippen molar-refractivity contribution in [1.82, 2.24) is 15.4 Å². The molecule has 0 aromatic carbocycles. The zero-order valence-electron chi connectivity index (χ0n) is 7.89. The Labute approximate surface area is 92.2 Å². The van der Waals surface area contributed by atoms with Crippen molar-refractivity contribution in [2.45, 2.75) is 6.92 Å².